The molecule has 2 atom stereocenters. The molecule has 0 aliphatic carbocycles. The van der Waals surface area contributed by atoms with Gasteiger partial charge in [0, 0.05) is 18.3 Å². The Morgan fingerprint density at radius 3 is 2.31 bits per heavy atom. The molecule has 0 saturated carbocycles. The van der Waals surface area contributed by atoms with E-state index in [4.69, 9.17) is 12.2 Å². The Balaban J connectivity index is 1.64. The first-order valence-electron chi connectivity index (χ1n) is 11.5. The molecular weight excluding hydrogens is 490 g/mol. The molecule has 4 aromatic rings. The number of thiocarbonyl (C=S) groups is 1. The molecule has 36 heavy (non-hydrogen) atoms. The van der Waals surface area contributed by atoms with Crippen LogP contribution in [0, 0.1) is 6.92 Å². The SMILES string of the molecule is Cc1ccc(S(=O)(=O)N2C(=S)N[C@]3(C(=O)N(C)c4ccccc43)[C@H]2c2ccc3ccccc3c2)cc1. The summed E-state index contributed by atoms with van der Waals surface area (Å²) in [4.78, 5) is 15.7. The van der Waals surface area contributed by atoms with Crippen LogP contribution in [-0.2, 0) is 20.4 Å². The van der Waals surface area contributed by atoms with Crippen LogP contribution < -0.4 is 10.2 Å². The monoisotopic (exact) mass is 513 g/mol. The third kappa shape index (κ3) is 3.04. The van der Waals surface area contributed by atoms with Gasteiger partial charge in [0.15, 0.2) is 10.7 Å². The third-order valence-corrected chi connectivity index (χ3v) is 9.34. The lowest BCUT2D eigenvalue weighted by molar-refractivity contribution is -0.124. The van der Waals surface area contributed by atoms with Crippen molar-refractivity contribution >= 4 is 49.7 Å². The van der Waals surface area contributed by atoms with Crippen LogP contribution >= 0.6 is 12.2 Å². The van der Waals surface area contributed by atoms with E-state index in [9.17, 15) is 13.2 Å². The van der Waals surface area contributed by atoms with Crippen LogP contribution in [-0.4, -0.2) is 30.8 Å². The molecule has 1 spiro atoms. The van der Waals surface area contributed by atoms with Gasteiger partial charge in [0.25, 0.3) is 15.9 Å². The highest BCUT2D eigenvalue weighted by atomic mass is 32.2. The van der Waals surface area contributed by atoms with Gasteiger partial charge in [0.05, 0.1) is 4.90 Å². The van der Waals surface area contributed by atoms with Crippen LogP contribution in [0.2, 0.25) is 0 Å². The summed E-state index contributed by atoms with van der Waals surface area (Å²) in [6, 6.07) is 26.8. The number of sulfonamides is 1. The fourth-order valence-electron chi connectivity index (χ4n) is 5.39. The molecule has 6 nitrogen and oxygen atoms in total. The second kappa shape index (κ2) is 7.88. The van der Waals surface area contributed by atoms with Crippen LogP contribution in [0.4, 0.5) is 5.69 Å². The smallest absolute Gasteiger partial charge is 0.266 e. The number of amides is 1. The summed E-state index contributed by atoms with van der Waals surface area (Å²) in [6.07, 6.45) is 0. The number of para-hydroxylation sites is 1. The van der Waals surface area contributed by atoms with E-state index < -0.39 is 21.6 Å². The lowest BCUT2D eigenvalue weighted by atomic mass is 9.81. The van der Waals surface area contributed by atoms with Gasteiger partial charge in [-0.3, -0.25) is 4.79 Å². The number of hydrogen-bond acceptors (Lipinski definition) is 4. The predicted molar refractivity (Wildman–Crippen MR) is 144 cm³/mol. The fraction of sp³-hybridized carbons (Fsp3) is 0.143. The van der Waals surface area contributed by atoms with Crippen molar-refractivity contribution in [3.05, 3.63) is 108 Å². The number of rotatable bonds is 3. The molecular formula is C28H23N3O3S2. The second-order valence-electron chi connectivity index (χ2n) is 9.24. The summed E-state index contributed by atoms with van der Waals surface area (Å²) in [7, 11) is -2.40. The van der Waals surface area contributed by atoms with Crippen molar-refractivity contribution in [3.63, 3.8) is 0 Å². The fourth-order valence-corrected chi connectivity index (χ4v) is 7.48. The Labute approximate surface area is 215 Å². The van der Waals surface area contributed by atoms with Crippen LogP contribution in [0.25, 0.3) is 10.8 Å². The maximum Gasteiger partial charge on any atom is 0.266 e. The zero-order chi connectivity index (χ0) is 25.2. The molecule has 6 rings (SSSR count). The van der Waals surface area contributed by atoms with Crippen molar-refractivity contribution in [1.82, 2.24) is 9.62 Å². The second-order valence-corrected chi connectivity index (χ2v) is 11.4. The summed E-state index contributed by atoms with van der Waals surface area (Å²) >= 11 is 5.68. The Bertz CT molecular complexity index is 1670. The molecule has 0 bridgehead atoms. The number of anilines is 1. The first-order valence-corrected chi connectivity index (χ1v) is 13.4. The van der Waals surface area contributed by atoms with Crippen molar-refractivity contribution < 1.29 is 13.2 Å². The lowest BCUT2D eigenvalue weighted by Crippen LogP contribution is -2.50. The number of carbonyl (C=O) groups excluding carboxylic acids is 1. The zero-order valence-corrected chi connectivity index (χ0v) is 21.3. The molecule has 8 heteroatoms. The molecule has 2 aliphatic rings. The Hall–Kier alpha value is -3.75. The van der Waals surface area contributed by atoms with E-state index >= 15 is 0 Å². The van der Waals surface area contributed by atoms with Crippen molar-refractivity contribution in [2.45, 2.75) is 23.4 Å². The van der Waals surface area contributed by atoms with Gasteiger partial charge >= 0.3 is 0 Å². The minimum absolute atomic E-state index is 0.00723. The van der Waals surface area contributed by atoms with E-state index in [1.165, 1.54) is 4.31 Å². The van der Waals surface area contributed by atoms with Gasteiger partial charge in [0.1, 0.15) is 6.04 Å². The van der Waals surface area contributed by atoms with E-state index in [1.807, 2.05) is 73.7 Å². The number of aryl methyl sites for hydroxylation is 1. The van der Waals surface area contributed by atoms with Crippen LogP contribution in [0.15, 0.2) is 95.9 Å². The van der Waals surface area contributed by atoms with Gasteiger partial charge in [-0.05, 0) is 59.7 Å². The van der Waals surface area contributed by atoms with Gasteiger partial charge in [-0.2, -0.15) is 0 Å². The van der Waals surface area contributed by atoms with Crippen molar-refractivity contribution in [1.29, 1.82) is 0 Å². The first kappa shape index (κ1) is 22.7. The topological polar surface area (TPSA) is 69.7 Å². The molecule has 1 N–H and O–H groups in total. The highest BCUT2D eigenvalue weighted by Gasteiger charge is 2.64. The molecule has 1 saturated heterocycles. The molecule has 0 aromatic heterocycles. The average molecular weight is 514 g/mol. The number of hydrogen-bond donors (Lipinski definition) is 1. The number of likely N-dealkylation sites (N-methyl/N-ethyl adjacent to an activating group) is 1. The summed E-state index contributed by atoms with van der Waals surface area (Å²) in [5.74, 6) is -0.259. The molecule has 1 amide bonds. The highest BCUT2D eigenvalue weighted by molar-refractivity contribution is 7.91. The molecule has 180 valence electrons. The number of nitrogens with zero attached hydrogens (tertiary/aromatic N) is 2. The zero-order valence-electron chi connectivity index (χ0n) is 19.7. The Morgan fingerprint density at radius 1 is 0.889 bits per heavy atom. The number of fused-ring (bicyclic) bond motifs is 3. The standard InChI is InChI=1S/C28H23N3O3S2/c1-18-11-15-22(16-12-18)36(33,34)31-25(21-14-13-19-7-3-4-8-20(19)17-21)28(29-27(31)35)23-9-5-6-10-24(23)30(2)26(28)32/h3-17,25H,1-2H3,(H,29,35)/t25-,28+/m1/s1. The molecule has 4 aromatic carbocycles. The van der Waals surface area contributed by atoms with Crippen LogP contribution in [0.5, 0.6) is 0 Å². The van der Waals surface area contributed by atoms with Gasteiger partial charge < -0.3 is 10.2 Å². The largest absolute Gasteiger partial charge is 0.342 e. The van der Waals surface area contributed by atoms with Crippen LogP contribution in [0.3, 0.4) is 0 Å². The van der Waals surface area contributed by atoms with Crippen molar-refractivity contribution in [2.24, 2.45) is 0 Å². The minimum atomic E-state index is -4.10. The number of nitrogens with one attached hydrogen (secondary N) is 1. The van der Waals surface area contributed by atoms with Gasteiger partial charge in [-0.25, -0.2) is 12.7 Å². The molecule has 1 fully saturated rings. The Morgan fingerprint density at radius 2 is 1.56 bits per heavy atom. The van der Waals surface area contributed by atoms with Gasteiger partial charge in [-0.1, -0.05) is 72.3 Å². The van der Waals surface area contributed by atoms with Crippen molar-refractivity contribution in [3.8, 4) is 0 Å². The van der Waals surface area contributed by atoms with E-state index in [1.54, 1.807) is 36.2 Å². The molecule has 0 radical (unpaired) electrons. The molecule has 0 unspecified atom stereocenters. The number of carbonyl (C=O) groups is 1. The molecule has 2 aliphatic heterocycles. The summed E-state index contributed by atoms with van der Waals surface area (Å²) in [5, 5.41) is 5.15. The van der Waals surface area contributed by atoms with E-state index in [0.717, 1.165) is 22.0 Å². The lowest BCUT2D eigenvalue weighted by Gasteiger charge is -2.33. The van der Waals surface area contributed by atoms with Crippen LogP contribution in [0.1, 0.15) is 22.7 Å². The van der Waals surface area contributed by atoms with Crippen molar-refractivity contribution in [2.75, 3.05) is 11.9 Å². The maximum absolute atomic E-state index is 14.1. The average Bonchev–Trinajstić information content (AvgIpc) is 3.31. The predicted octanol–water partition coefficient (Wildman–Crippen LogP) is 4.64. The van der Waals surface area contributed by atoms with E-state index in [2.05, 4.69) is 5.32 Å². The first-order chi connectivity index (χ1) is 17.2. The normalized spacial score (nSPS) is 21.3. The molecule has 2 heterocycles. The van der Waals surface area contributed by atoms with E-state index in [0.29, 0.717) is 11.1 Å². The number of benzene rings is 4. The van der Waals surface area contributed by atoms with E-state index in [-0.39, 0.29) is 15.9 Å². The summed E-state index contributed by atoms with van der Waals surface area (Å²) < 4.78 is 29.4. The quantitative estimate of drug-likeness (QED) is 0.404. The minimum Gasteiger partial charge on any atom is -0.342 e. The van der Waals surface area contributed by atoms with Gasteiger partial charge in [0.2, 0.25) is 0 Å². The maximum atomic E-state index is 14.1. The Kier molecular flexibility index (Phi) is 4.97. The van der Waals surface area contributed by atoms with Gasteiger partial charge in [-0.15, -0.1) is 0 Å². The third-order valence-electron chi connectivity index (χ3n) is 7.15. The highest BCUT2D eigenvalue weighted by Crippen LogP contribution is 2.53. The summed E-state index contributed by atoms with van der Waals surface area (Å²) in [5.41, 5.74) is 1.64. The summed E-state index contributed by atoms with van der Waals surface area (Å²) in [6.45, 7) is 1.90.